The van der Waals surface area contributed by atoms with Crippen LogP contribution in [0.5, 0.6) is 11.5 Å². The molecule has 2 heterocycles. The van der Waals surface area contributed by atoms with E-state index in [2.05, 4.69) is 15.2 Å². The second kappa shape index (κ2) is 8.41. The van der Waals surface area contributed by atoms with Gasteiger partial charge in [-0.3, -0.25) is 9.89 Å². The van der Waals surface area contributed by atoms with Crippen molar-refractivity contribution in [1.82, 2.24) is 20.1 Å². The van der Waals surface area contributed by atoms with E-state index in [-0.39, 0.29) is 11.2 Å². The second-order valence-corrected chi connectivity index (χ2v) is 7.04. The van der Waals surface area contributed by atoms with Crippen LogP contribution in [0, 0.1) is 0 Å². The highest BCUT2D eigenvalue weighted by molar-refractivity contribution is 8.00. The summed E-state index contributed by atoms with van der Waals surface area (Å²) in [5.41, 5.74) is 0.778. The number of aromatic nitrogens is 3. The molecular formula is C17H22N4O4S. The molecule has 9 heteroatoms. The second-order valence-electron chi connectivity index (χ2n) is 5.73. The predicted octanol–water partition coefficient (Wildman–Crippen LogP) is 1.83. The molecule has 1 N–H and O–H groups in total. The molecule has 3 rings (SSSR count). The summed E-state index contributed by atoms with van der Waals surface area (Å²) in [6.07, 6.45) is 0. The SMILES string of the molecule is COc1ccc(-c2nc(S[C@H](C)C(=O)N3CCOCC3)n[nH]2)c(OC)c1. The van der Waals surface area contributed by atoms with Gasteiger partial charge in [-0.15, -0.1) is 5.10 Å². The first-order chi connectivity index (χ1) is 12.6. The predicted molar refractivity (Wildman–Crippen MR) is 97.6 cm³/mol. The van der Waals surface area contributed by atoms with Gasteiger partial charge < -0.3 is 19.1 Å². The van der Waals surface area contributed by atoms with Gasteiger partial charge in [-0.25, -0.2) is 4.98 Å². The molecule has 8 nitrogen and oxygen atoms in total. The fourth-order valence-corrected chi connectivity index (χ4v) is 3.47. The minimum absolute atomic E-state index is 0.0756. The number of methoxy groups -OCH3 is 2. The Hall–Kier alpha value is -2.26. The number of hydrogen-bond acceptors (Lipinski definition) is 7. The van der Waals surface area contributed by atoms with Crippen LogP contribution in [-0.4, -0.2) is 71.8 Å². The maximum atomic E-state index is 12.5. The third-order valence-corrected chi connectivity index (χ3v) is 5.03. The van der Waals surface area contributed by atoms with Crippen LogP contribution in [0.15, 0.2) is 23.4 Å². The first-order valence-corrected chi connectivity index (χ1v) is 9.18. The van der Waals surface area contributed by atoms with Crippen molar-refractivity contribution in [3.63, 3.8) is 0 Å². The van der Waals surface area contributed by atoms with Crippen molar-refractivity contribution in [2.75, 3.05) is 40.5 Å². The van der Waals surface area contributed by atoms with Crippen molar-refractivity contribution < 1.29 is 19.0 Å². The van der Waals surface area contributed by atoms with Crippen LogP contribution in [0.4, 0.5) is 0 Å². The molecule has 2 aromatic rings. The number of amides is 1. The average molecular weight is 378 g/mol. The average Bonchev–Trinajstić information content (AvgIpc) is 3.15. The van der Waals surface area contributed by atoms with Crippen LogP contribution >= 0.6 is 11.8 Å². The van der Waals surface area contributed by atoms with Gasteiger partial charge in [0.25, 0.3) is 0 Å². The lowest BCUT2D eigenvalue weighted by Gasteiger charge is -2.28. The molecule has 140 valence electrons. The van der Waals surface area contributed by atoms with Gasteiger partial charge in [-0.1, -0.05) is 11.8 Å². The topological polar surface area (TPSA) is 89.6 Å². The molecule has 1 aliphatic heterocycles. The first kappa shape index (κ1) is 18.5. The van der Waals surface area contributed by atoms with E-state index in [0.717, 1.165) is 5.56 Å². The van der Waals surface area contributed by atoms with E-state index in [9.17, 15) is 4.79 Å². The van der Waals surface area contributed by atoms with Crippen LogP contribution in [-0.2, 0) is 9.53 Å². The highest BCUT2D eigenvalue weighted by Gasteiger charge is 2.24. The van der Waals surface area contributed by atoms with E-state index in [4.69, 9.17) is 14.2 Å². The number of carbonyl (C=O) groups excluding carboxylic acids is 1. The number of H-pyrrole nitrogens is 1. The maximum Gasteiger partial charge on any atom is 0.236 e. The number of rotatable bonds is 6. The van der Waals surface area contributed by atoms with E-state index < -0.39 is 0 Å². The van der Waals surface area contributed by atoms with Gasteiger partial charge in [0.1, 0.15) is 11.5 Å². The van der Waals surface area contributed by atoms with E-state index in [1.165, 1.54) is 11.8 Å². The van der Waals surface area contributed by atoms with Crippen LogP contribution in [0.2, 0.25) is 0 Å². The van der Waals surface area contributed by atoms with Gasteiger partial charge in [0.15, 0.2) is 5.82 Å². The lowest BCUT2D eigenvalue weighted by molar-refractivity contribution is -0.134. The van der Waals surface area contributed by atoms with Gasteiger partial charge in [0.2, 0.25) is 11.1 Å². The van der Waals surface area contributed by atoms with Crippen molar-refractivity contribution in [2.24, 2.45) is 0 Å². The number of nitrogens with zero attached hydrogens (tertiary/aromatic N) is 3. The van der Waals surface area contributed by atoms with E-state index in [1.54, 1.807) is 20.3 Å². The molecule has 1 aliphatic rings. The number of carbonyl (C=O) groups is 1. The monoisotopic (exact) mass is 378 g/mol. The number of morpholine rings is 1. The fourth-order valence-electron chi connectivity index (χ4n) is 2.66. The van der Waals surface area contributed by atoms with Crippen molar-refractivity contribution in [3.05, 3.63) is 18.2 Å². The third-order valence-electron chi connectivity index (χ3n) is 4.08. The fraction of sp³-hybridized carbons (Fsp3) is 0.471. The summed E-state index contributed by atoms with van der Waals surface area (Å²) in [6, 6.07) is 5.47. The summed E-state index contributed by atoms with van der Waals surface area (Å²) in [5, 5.41) is 7.38. The van der Waals surface area contributed by atoms with Crippen molar-refractivity contribution in [3.8, 4) is 22.9 Å². The lowest BCUT2D eigenvalue weighted by atomic mass is 10.2. The van der Waals surface area contributed by atoms with Gasteiger partial charge in [-0.05, 0) is 19.1 Å². The normalized spacial score (nSPS) is 15.6. The molecule has 0 bridgehead atoms. The molecule has 0 radical (unpaired) electrons. The molecule has 1 atom stereocenters. The van der Waals surface area contributed by atoms with Crippen molar-refractivity contribution >= 4 is 17.7 Å². The number of hydrogen-bond donors (Lipinski definition) is 1. The van der Waals surface area contributed by atoms with Crippen LogP contribution in [0.25, 0.3) is 11.4 Å². The number of aromatic amines is 1. The van der Waals surface area contributed by atoms with Gasteiger partial charge in [0, 0.05) is 19.2 Å². The Morgan fingerprint density at radius 3 is 2.77 bits per heavy atom. The molecule has 1 fully saturated rings. The Labute approximate surface area is 156 Å². The maximum absolute atomic E-state index is 12.5. The molecule has 0 unspecified atom stereocenters. The lowest BCUT2D eigenvalue weighted by Crippen LogP contribution is -2.44. The smallest absolute Gasteiger partial charge is 0.236 e. The molecule has 0 spiro atoms. The van der Waals surface area contributed by atoms with Gasteiger partial charge >= 0.3 is 0 Å². The zero-order chi connectivity index (χ0) is 18.5. The highest BCUT2D eigenvalue weighted by Crippen LogP contribution is 2.32. The Morgan fingerprint density at radius 2 is 2.08 bits per heavy atom. The largest absolute Gasteiger partial charge is 0.497 e. The zero-order valence-corrected chi connectivity index (χ0v) is 15.8. The summed E-state index contributed by atoms with van der Waals surface area (Å²) >= 11 is 1.33. The van der Waals surface area contributed by atoms with E-state index >= 15 is 0 Å². The molecule has 0 saturated carbocycles. The Bertz CT molecular complexity index is 761. The number of nitrogens with one attached hydrogen (secondary N) is 1. The first-order valence-electron chi connectivity index (χ1n) is 8.30. The zero-order valence-electron chi connectivity index (χ0n) is 15.0. The minimum atomic E-state index is -0.269. The summed E-state index contributed by atoms with van der Waals surface area (Å²) < 4.78 is 15.9. The molecular weight excluding hydrogens is 356 g/mol. The third kappa shape index (κ3) is 4.10. The molecule has 1 aromatic heterocycles. The van der Waals surface area contributed by atoms with E-state index in [1.807, 2.05) is 24.0 Å². The van der Waals surface area contributed by atoms with Crippen LogP contribution in [0.1, 0.15) is 6.92 Å². The Kier molecular flexibility index (Phi) is 6.00. The molecule has 0 aliphatic carbocycles. The molecule has 26 heavy (non-hydrogen) atoms. The Morgan fingerprint density at radius 1 is 1.31 bits per heavy atom. The van der Waals surface area contributed by atoms with Gasteiger partial charge in [-0.2, -0.15) is 0 Å². The summed E-state index contributed by atoms with van der Waals surface area (Å²) in [4.78, 5) is 18.8. The van der Waals surface area contributed by atoms with Gasteiger partial charge in [0.05, 0.1) is 38.2 Å². The Balaban J connectivity index is 1.70. The summed E-state index contributed by atoms with van der Waals surface area (Å²) in [5.74, 6) is 1.99. The quantitative estimate of drug-likeness (QED) is 0.767. The number of ether oxygens (including phenoxy) is 3. The number of thioether (sulfide) groups is 1. The molecule has 1 aromatic carbocycles. The molecule has 1 amide bonds. The van der Waals surface area contributed by atoms with Crippen molar-refractivity contribution in [1.29, 1.82) is 0 Å². The molecule has 1 saturated heterocycles. The summed E-state index contributed by atoms with van der Waals surface area (Å²) in [6.45, 7) is 4.31. The highest BCUT2D eigenvalue weighted by atomic mass is 32.2. The summed E-state index contributed by atoms with van der Waals surface area (Å²) in [7, 11) is 3.19. The standard InChI is InChI=1S/C17H22N4O4S/c1-11(16(22)21-6-8-25-9-7-21)26-17-18-15(19-20-17)13-5-4-12(23-2)10-14(13)24-3/h4-5,10-11H,6-9H2,1-3H3,(H,18,19,20)/t11-/m1/s1. The van der Waals surface area contributed by atoms with Crippen LogP contribution in [0.3, 0.4) is 0 Å². The van der Waals surface area contributed by atoms with E-state index in [0.29, 0.717) is 48.8 Å². The van der Waals surface area contributed by atoms with Crippen molar-refractivity contribution in [2.45, 2.75) is 17.3 Å². The van der Waals surface area contributed by atoms with Crippen LogP contribution < -0.4 is 9.47 Å². The number of benzene rings is 1. The minimum Gasteiger partial charge on any atom is -0.497 e.